The first kappa shape index (κ1) is 16.2. The smallest absolute Gasteiger partial charge is 0.326 e. The third kappa shape index (κ3) is 5.42. The Morgan fingerprint density at radius 1 is 1.30 bits per heavy atom. The first-order valence-corrected chi connectivity index (χ1v) is 6.59. The lowest BCUT2D eigenvalue weighted by molar-refractivity contribution is -0.158. The van der Waals surface area contributed by atoms with Gasteiger partial charge in [-0.05, 0) is 33.6 Å². The van der Waals surface area contributed by atoms with Crippen molar-refractivity contribution < 1.29 is 24.2 Å². The van der Waals surface area contributed by atoms with Gasteiger partial charge in [0.25, 0.3) is 0 Å². The van der Waals surface area contributed by atoms with E-state index >= 15 is 0 Å². The van der Waals surface area contributed by atoms with Gasteiger partial charge >= 0.3 is 11.9 Å². The van der Waals surface area contributed by atoms with Gasteiger partial charge < -0.3 is 15.2 Å². The summed E-state index contributed by atoms with van der Waals surface area (Å²) in [6.45, 7) is 5.09. The fourth-order valence-corrected chi connectivity index (χ4v) is 1.87. The summed E-state index contributed by atoms with van der Waals surface area (Å²) in [5.74, 6) is -2.47. The molecule has 0 bridgehead atoms. The Balaban J connectivity index is 2.54. The zero-order chi connectivity index (χ0) is 15.3. The van der Waals surface area contributed by atoms with E-state index < -0.39 is 23.6 Å². The predicted octanol–water partition coefficient (Wildman–Crippen LogP) is 1.25. The molecule has 6 heteroatoms. The Labute approximate surface area is 118 Å². The highest BCUT2D eigenvalue weighted by Crippen LogP contribution is 2.18. The number of hydrogen-bond donors (Lipinski definition) is 2. The van der Waals surface area contributed by atoms with Crippen LogP contribution in [0.4, 0.5) is 0 Å². The first-order valence-electron chi connectivity index (χ1n) is 6.59. The monoisotopic (exact) mass is 283 g/mol. The van der Waals surface area contributed by atoms with E-state index in [4.69, 9.17) is 9.84 Å². The lowest BCUT2D eigenvalue weighted by Gasteiger charge is -2.22. The standard InChI is InChI=1S/C14H21NO5/c1-14(2,3)20-11(16)8-10(13(18)19)15-12(17)9-6-4-5-7-9/h4-5,9-10H,6-8H2,1-3H3,(H,15,17)(H,18,19)/t10-/m0/s1. The van der Waals surface area contributed by atoms with Crippen LogP contribution in [0.1, 0.15) is 40.0 Å². The van der Waals surface area contributed by atoms with Crippen LogP contribution < -0.4 is 5.32 Å². The number of carboxylic acid groups (broad SMARTS) is 1. The van der Waals surface area contributed by atoms with Crippen molar-refractivity contribution in [3.8, 4) is 0 Å². The van der Waals surface area contributed by atoms with Crippen molar-refractivity contribution in [3.05, 3.63) is 12.2 Å². The van der Waals surface area contributed by atoms with Crippen LogP contribution in [-0.2, 0) is 19.1 Å². The maximum Gasteiger partial charge on any atom is 0.326 e. The molecule has 0 aromatic rings. The topological polar surface area (TPSA) is 92.7 Å². The van der Waals surface area contributed by atoms with Gasteiger partial charge in [-0.25, -0.2) is 4.79 Å². The van der Waals surface area contributed by atoms with Crippen molar-refractivity contribution in [3.63, 3.8) is 0 Å². The zero-order valence-corrected chi connectivity index (χ0v) is 12.0. The summed E-state index contributed by atoms with van der Waals surface area (Å²) in [7, 11) is 0. The normalized spacial score (nSPS) is 16.8. The zero-order valence-electron chi connectivity index (χ0n) is 12.0. The van der Waals surface area contributed by atoms with Crippen LogP contribution in [0, 0.1) is 5.92 Å². The Kier molecular flexibility index (Phi) is 5.30. The fourth-order valence-electron chi connectivity index (χ4n) is 1.87. The second-order valence-corrected chi connectivity index (χ2v) is 5.83. The summed E-state index contributed by atoms with van der Waals surface area (Å²) in [5, 5.41) is 11.5. The number of hydrogen-bond acceptors (Lipinski definition) is 4. The Morgan fingerprint density at radius 3 is 2.30 bits per heavy atom. The molecule has 0 aromatic carbocycles. The van der Waals surface area contributed by atoms with Crippen LogP contribution in [0.15, 0.2) is 12.2 Å². The number of esters is 1. The quantitative estimate of drug-likeness (QED) is 0.585. The molecule has 1 atom stereocenters. The molecule has 0 saturated heterocycles. The number of amides is 1. The van der Waals surface area contributed by atoms with Gasteiger partial charge in [0, 0.05) is 5.92 Å². The molecule has 0 aliphatic heterocycles. The van der Waals surface area contributed by atoms with E-state index in [1.54, 1.807) is 20.8 Å². The fraction of sp³-hybridized carbons (Fsp3) is 0.643. The molecule has 1 rings (SSSR count). The van der Waals surface area contributed by atoms with Gasteiger partial charge in [-0.1, -0.05) is 12.2 Å². The molecular weight excluding hydrogens is 262 g/mol. The van der Waals surface area contributed by atoms with Crippen molar-refractivity contribution >= 4 is 17.8 Å². The summed E-state index contributed by atoms with van der Waals surface area (Å²) in [6, 6.07) is -1.25. The van der Waals surface area contributed by atoms with Gasteiger partial charge in [-0.3, -0.25) is 9.59 Å². The maximum absolute atomic E-state index is 11.9. The number of nitrogens with one attached hydrogen (secondary N) is 1. The molecule has 0 fully saturated rings. The molecule has 0 heterocycles. The summed E-state index contributed by atoms with van der Waals surface area (Å²) in [4.78, 5) is 34.6. The second-order valence-electron chi connectivity index (χ2n) is 5.83. The lowest BCUT2D eigenvalue weighted by Crippen LogP contribution is -2.45. The number of aliphatic carboxylic acids is 1. The van der Waals surface area contributed by atoms with Crippen molar-refractivity contribution in [2.75, 3.05) is 0 Å². The minimum absolute atomic E-state index is 0.240. The van der Waals surface area contributed by atoms with E-state index in [-0.39, 0.29) is 18.2 Å². The van der Waals surface area contributed by atoms with Crippen molar-refractivity contribution in [1.29, 1.82) is 0 Å². The van der Waals surface area contributed by atoms with E-state index in [1.165, 1.54) is 0 Å². The first-order chi connectivity index (χ1) is 9.19. The third-order valence-corrected chi connectivity index (χ3v) is 2.78. The number of carbonyl (C=O) groups excluding carboxylic acids is 2. The Morgan fingerprint density at radius 2 is 1.85 bits per heavy atom. The largest absolute Gasteiger partial charge is 0.480 e. The van der Waals surface area contributed by atoms with E-state index in [2.05, 4.69) is 5.32 Å². The predicted molar refractivity (Wildman–Crippen MR) is 71.9 cm³/mol. The highest BCUT2D eigenvalue weighted by Gasteiger charge is 2.29. The molecule has 112 valence electrons. The number of carboxylic acids is 1. The maximum atomic E-state index is 11.9. The van der Waals surface area contributed by atoms with E-state index in [0.717, 1.165) is 0 Å². The molecule has 1 aliphatic rings. The van der Waals surface area contributed by atoms with E-state index in [1.807, 2.05) is 12.2 Å². The lowest BCUT2D eigenvalue weighted by atomic mass is 10.1. The molecule has 0 radical (unpaired) electrons. The summed E-state index contributed by atoms with van der Waals surface area (Å²) in [6.07, 6.45) is 4.59. The number of allylic oxidation sites excluding steroid dienone is 2. The Bertz CT molecular complexity index is 414. The van der Waals surface area contributed by atoms with Crippen molar-refractivity contribution in [2.45, 2.75) is 51.7 Å². The summed E-state index contributed by atoms with van der Waals surface area (Å²) < 4.78 is 5.06. The second kappa shape index (κ2) is 6.54. The SMILES string of the molecule is CC(C)(C)OC(=O)C[C@H](NC(=O)C1CC=CC1)C(=O)O. The van der Waals surface area contributed by atoms with Crippen LogP contribution in [0.5, 0.6) is 0 Å². The summed E-state index contributed by atoms with van der Waals surface area (Å²) >= 11 is 0. The van der Waals surface area contributed by atoms with Gasteiger partial charge in [0.2, 0.25) is 5.91 Å². The van der Waals surface area contributed by atoms with Crippen LogP contribution in [-0.4, -0.2) is 34.6 Å². The summed E-state index contributed by atoms with van der Waals surface area (Å²) in [5.41, 5.74) is -0.681. The number of rotatable bonds is 5. The number of carbonyl (C=O) groups is 3. The molecule has 1 aliphatic carbocycles. The molecule has 2 N–H and O–H groups in total. The van der Waals surface area contributed by atoms with Gasteiger partial charge in [0.05, 0.1) is 6.42 Å². The third-order valence-electron chi connectivity index (χ3n) is 2.78. The van der Waals surface area contributed by atoms with Gasteiger partial charge in [0.15, 0.2) is 0 Å². The van der Waals surface area contributed by atoms with Crippen LogP contribution in [0.2, 0.25) is 0 Å². The van der Waals surface area contributed by atoms with Crippen molar-refractivity contribution in [2.24, 2.45) is 5.92 Å². The molecule has 1 amide bonds. The van der Waals surface area contributed by atoms with Crippen LogP contribution >= 0.6 is 0 Å². The molecule has 0 aromatic heterocycles. The van der Waals surface area contributed by atoms with Gasteiger partial charge in [-0.2, -0.15) is 0 Å². The highest BCUT2D eigenvalue weighted by molar-refractivity contribution is 5.88. The molecule has 6 nitrogen and oxygen atoms in total. The van der Waals surface area contributed by atoms with Crippen LogP contribution in [0.25, 0.3) is 0 Å². The van der Waals surface area contributed by atoms with Crippen LogP contribution in [0.3, 0.4) is 0 Å². The Hall–Kier alpha value is -1.85. The molecule has 20 heavy (non-hydrogen) atoms. The van der Waals surface area contributed by atoms with Gasteiger partial charge in [-0.15, -0.1) is 0 Å². The molecule has 0 saturated carbocycles. The average Bonchev–Trinajstić information content (AvgIpc) is 2.78. The minimum atomic E-state index is -1.25. The molecular formula is C14H21NO5. The van der Waals surface area contributed by atoms with E-state index in [9.17, 15) is 14.4 Å². The highest BCUT2D eigenvalue weighted by atomic mass is 16.6. The average molecular weight is 283 g/mol. The number of ether oxygens (including phenoxy) is 1. The van der Waals surface area contributed by atoms with Gasteiger partial charge in [0.1, 0.15) is 11.6 Å². The molecule has 0 unspecified atom stereocenters. The molecule has 0 spiro atoms. The van der Waals surface area contributed by atoms with E-state index in [0.29, 0.717) is 12.8 Å². The van der Waals surface area contributed by atoms with Crippen molar-refractivity contribution in [1.82, 2.24) is 5.32 Å². The minimum Gasteiger partial charge on any atom is -0.480 e.